The molecule has 0 bridgehead atoms. The minimum atomic E-state index is 0.618. The summed E-state index contributed by atoms with van der Waals surface area (Å²) in [6.07, 6.45) is 2.15. The molecular weight excluding hydrogens is 298 g/mol. The van der Waals surface area contributed by atoms with Crippen LogP contribution in [0.4, 0.5) is 0 Å². The minimum Gasteiger partial charge on any atom is -0.489 e. The van der Waals surface area contributed by atoms with Crippen molar-refractivity contribution < 1.29 is 4.74 Å². The molecule has 0 unspecified atom stereocenters. The lowest BCUT2D eigenvalue weighted by molar-refractivity contribution is 0.343. The van der Waals surface area contributed by atoms with Gasteiger partial charge >= 0.3 is 0 Å². The fourth-order valence-corrected chi connectivity index (χ4v) is 2.90. The fraction of sp³-hybridized carbons (Fsp3) is 0.353. The molecule has 116 valence electrons. The molecule has 22 heavy (non-hydrogen) atoms. The largest absolute Gasteiger partial charge is 0.489 e. The molecular formula is C17H20ClN3O. The summed E-state index contributed by atoms with van der Waals surface area (Å²) in [7, 11) is 1.98. The molecule has 0 radical (unpaired) electrons. The number of rotatable bonds is 4. The van der Waals surface area contributed by atoms with Crippen LogP contribution in [0.2, 0.25) is 5.02 Å². The van der Waals surface area contributed by atoms with Crippen LogP contribution in [0, 0.1) is 13.8 Å². The van der Waals surface area contributed by atoms with Gasteiger partial charge < -0.3 is 10.1 Å². The van der Waals surface area contributed by atoms with Crippen LogP contribution in [-0.2, 0) is 13.6 Å². The molecule has 0 saturated heterocycles. The molecule has 2 heterocycles. The predicted molar refractivity (Wildman–Crippen MR) is 89.3 cm³/mol. The number of nitrogens with one attached hydrogen (secondary N) is 1. The Labute approximate surface area is 135 Å². The van der Waals surface area contributed by atoms with Crippen molar-refractivity contribution in [3.8, 4) is 5.75 Å². The average Bonchev–Trinajstić information content (AvgIpc) is 2.73. The molecule has 0 atom stereocenters. The van der Waals surface area contributed by atoms with Crippen molar-refractivity contribution in [2.24, 2.45) is 7.05 Å². The van der Waals surface area contributed by atoms with Crippen LogP contribution < -0.4 is 10.1 Å². The quantitative estimate of drug-likeness (QED) is 0.940. The monoisotopic (exact) mass is 317 g/mol. The molecule has 1 N–H and O–H groups in total. The van der Waals surface area contributed by atoms with Crippen LogP contribution in [-0.4, -0.2) is 22.9 Å². The van der Waals surface area contributed by atoms with Crippen molar-refractivity contribution >= 4 is 17.7 Å². The molecule has 2 aromatic rings. The SMILES string of the molecule is Cc1nn(C)c(C)c1CNCC1=Cc2cc(Cl)ccc2OC1. The topological polar surface area (TPSA) is 39.1 Å². The number of fused-ring (bicyclic) bond motifs is 1. The summed E-state index contributed by atoms with van der Waals surface area (Å²) in [6, 6.07) is 5.71. The molecule has 1 aliphatic heterocycles. The van der Waals surface area contributed by atoms with Crippen molar-refractivity contribution in [1.29, 1.82) is 0 Å². The normalized spacial score (nSPS) is 13.5. The van der Waals surface area contributed by atoms with Crippen molar-refractivity contribution in [2.45, 2.75) is 20.4 Å². The van der Waals surface area contributed by atoms with Crippen LogP contribution in [0.15, 0.2) is 23.8 Å². The third-order valence-electron chi connectivity index (χ3n) is 4.06. The lowest BCUT2D eigenvalue weighted by Crippen LogP contribution is -2.22. The molecule has 0 fully saturated rings. The maximum Gasteiger partial charge on any atom is 0.127 e. The van der Waals surface area contributed by atoms with Gasteiger partial charge in [-0.15, -0.1) is 0 Å². The zero-order valence-electron chi connectivity index (χ0n) is 13.1. The summed E-state index contributed by atoms with van der Waals surface area (Å²) in [4.78, 5) is 0. The summed E-state index contributed by atoms with van der Waals surface area (Å²) in [6.45, 7) is 6.36. The molecule has 0 amide bonds. The number of benzene rings is 1. The van der Waals surface area contributed by atoms with Crippen LogP contribution in [0.25, 0.3) is 6.08 Å². The third kappa shape index (κ3) is 3.03. The molecule has 0 aliphatic carbocycles. The summed E-state index contributed by atoms with van der Waals surface area (Å²) in [5.41, 5.74) is 5.82. The van der Waals surface area contributed by atoms with Gasteiger partial charge in [-0.25, -0.2) is 0 Å². The molecule has 1 aliphatic rings. The Morgan fingerprint density at radius 2 is 2.14 bits per heavy atom. The van der Waals surface area contributed by atoms with E-state index in [4.69, 9.17) is 16.3 Å². The third-order valence-corrected chi connectivity index (χ3v) is 4.29. The molecule has 0 saturated carbocycles. The number of hydrogen-bond acceptors (Lipinski definition) is 3. The summed E-state index contributed by atoms with van der Waals surface area (Å²) < 4.78 is 7.69. The Hall–Kier alpha value is -1.78. The number of ether oxygens (including phenoxy) is 1. The van der Waals surface area contributed by atoms with E-state index in [-0.39, 0.29) is 0 Å². The second-order valence-electron chi connectivity index (χ2n) is 5.65. The Morgan fingerprint density at radius 3 is 2.86 bits per heavy atom. The highest BCUT2D eigenvalue weighted by atomic mass is 35.5. The van der Waals surface area contributed by atoms with E-state index < -0.39 is 0 Å². The van der Waals surface area contributed by atoms with E-state index in [2.05, 4.69) is 23.4 Å². The highest BCUT2D eigenvalue weighted by Crippen LogP contribution is 2.28. The van der Waals surface area contributed by atoms with E-state index >= 15 is 0 Å². The number of aromatic nitrogens is 2. The van der Waals surface area contributed by atoms with Crippen molar-refractivity contribution in [1.82, 2.24) is 15.1 Å². The minimum absolute atomic E-state index is 0.618. The van der Waals surface area contributed by atoms with Gasteiger partial charge in [-0.05, 0) is 43.7 Å². The molecule has 1 aromatic carbocycles. The Morgan fingerprint density at radius 1 is 1.32 bits per heavy atom. The molecule has 0 spiro atoms. The lowest BCUT2D eigenvalue weighted by Gasteiger charge is -2.18. The predicted octanol–water partition coefficient (Wildman–Crippen LogP) is 3.26. The first-order valence-electron chi connectivity index (χ1n) is 7.36. The highest BCUT2D eigenvalue weighted by molar-refractivity contribution is 6.30. The van der Waals surface area contributed by atoms with Crippen LogP contribution in [0.5, 0.6) is 5.75 Å². The van der Waals surface area contributed by atoms with Gasteiger partial charge in [0, 0.05) is 42.0 Å². The summed E-state index contributed by atoms with van der Waals surface area (Å²) in [5, 5.41) is 8.65. The molecule has 3 rings (SSSR count). The first-order chi connectivity index (χ1) is 10.5. The first-order valence-corrected chi connectivity index (χ1v) is 7.74. The van der Waals surface area contributed by atoms with Gasteiger partial charge in [0.15, 0.2) is 0 Å². The van der Waals surface area contributed by atoms with Crippen LogP contribution >= 0.6 is 11.6 Å². The molecule has 1 aromatic heterocycles. The zero-order chi connectivity index (χ0) is 15.7. The Kier molecular flexibility index (Phi) is 4.23. The van der Waals surface area contributed by atoms with E-state index in [0.717, 1.165) is 35.1 Å². The van der Waals surface area contributed by atoms with E-state index in [0.29, 0.717) is 6.61 Å². The van der Waals surface area contributed by atoms with Crippen LogP contribution in [0.1, 0.15) is 22.5 Å². The van der Waals surface area contributed by atoms with E-state index in [1.165, 1.54) is 16.8 Å². The van der Waals surface area contributed by atoms with Gasteiger partial charge in [-0.1, -0.05) is 11.6 Å². The highest BCUT2D eigenvalue weighted by Gasteiger charge is 2.13. The lowest BCUT2D eigenvalue weighted by atomic mass is 10.1. The second-order valence-corrected chi connectivity index (χ2v) is 6.09. The van der Waals surface area contributed by atoms with Crippen LogP contribution in [0.3, 0.4) is 0 Å². The van der Waals surface area contributed by atoms with Crippen molar-refractivity contribution in [2.75, 3.05) is 13.2 Å². The van der Waals surface area contributed by atoms with Gasteiger partial charge in [0.25, 0.3) is 0 Å². The molecule has 5 heteroatoms. The molecule has 4 nitrogen and oxygen atoms in total. The Balaban J connectivity index is 1.65. The number of nitrogens with zero attached hydrogens (tertiary/aromatic N) is 2. The van der Waals surface area contributed by atoms with Gasteiger partial charge in [0.1, 0.15) is 12.4 Å². The number of aryl methyl sites for hydroxylation is 2. The first kappa shape index (κ1) is 15.1. The Bertz CT molecular complexity index is 734. The van der Waals surface area contributed by atoms with Gasteiger partial charge in [-0.3, -0.25) is 4.68 Å². The smallest absolute Gasteiger partial charge is 0.127 e. The van der Waals surface area contributed by atoms with Crippen molar-refractivity contribution in [3.05, 3.63) is 51.3 Å². The van der Waals surface area contributed by atoms with Gasteiger partial charge in [0.2, 0.25) is 0 Å². The second kappa shape index (κ2) is 6.15. The summed E-state index contributed by atoms with van der Waals surface area (Å²) in [5.74, 6) is 0.895. The maximum atomic E-state index is 6.04. The number of halogens is 1. The zero-order valence-corrected chi connectivity index (χ0v) is 13.9. The van der Waals surface area contributed by atoms with Gasteiger partial charge in [-0.2, -0.15) is 5.10 Å². The maximum absolute atomic E-state index is 6.04. The average molecular weight is 318 g/mol. The van der Waals surface area contributed by atoms with E-state index in [9.17, 15) is 0 Å². The van der Waals surface area contributed by atoms with E-state index in [1.807, 2.05) is 36.9 Å². The number of hydrogen-bond donors (Lipinski definition) is 1. The summed E-state index contributed by atoms with van der Waals surface area (Å²) >= 11 is 6.04. The standard InChI is InChI=1S/C17H20ClN3O/c1-11-16(12(2)21(3)20-11)9-19-8-13-6-14-7-15(18)4-5-17(14)22-10-13/h4-7,19H,8-10H2,1-3H3. The van der Waals surface area contributed by atoms with Crippen molar-refractivity contribution in [3.63, 3.8) is 0 Å². The van der Waals surface area contributed by atoms with E-state index in [1.54, 1.807) is 0 Å². The van der Waals surface area contributed by atoms with Gasteiger partial charge in [0.05, 0.1) is 5.69 Å². The fourth-order valence-electron chi connectivity index (χ4n) is 2.72.